The molecule has 70 valence electrons. The molecule has 13 heavy (non-hydrogen) atoms. The molecule has 0 bridgehead atoms. The van der Waals surface area contributed by atoms with E-state index in [-0.39, 0.29) is 5.56 Å². The highest BCUT2D eigenvalue weighted by molar-refractivity contribution is 6.31. The summed E-state index contributed by atoms with van der Waals surface area (Å²) in [5, 5.41) is -0.444. The Bertz CT molecular complexity index is 329. The van der Waals surface area contributed by atoms with Crippen molar-refractivity contribution < 1.29 is 18.3 Å². The van der Waals surface area contributed by atoms with Crippen LogP contribution in [0.5, 0.6) is 0 Å². The quantitative estimate of drug-likeness (QED) is 0.521. The summed E-state index contributed by atoms with van der Waals surface area (Å²) in [4.78, 5) is 10.9. The van der Waals surface area contributed by atoms with Gasteiger partial charge in [-0.3, -0.25) is 0 Å². The third-order valence-corrected chi connectivity index (χ3v) is 1.68. The fourth-order valence-corrected chi connectivity index (χ4v) is 0.999. The molecule has 0 aliphatic heterocycles. The van der Waals surface area contributed by atoms with E-state index in [2.05, 4.69) is 4.74 Å². The van der Waals surface area contributed by atoms with Crippen molar-refractivity contribution in [3.8, 4) is 0 Å². The van der Waals surface area contributed by atoms with Gasteiger partial charge in [-0.25, -0.2) is 13.6 Å². The molecule has 0 atom stereocenters. The van der Waals surface area contributed by atoms with Crippen molar-refractivity contribution in [3.63, 3.8) is 0 Å². The van der Waals surface area contributed by atoms with Crippen molar-refractivity contribution in [2.45, 2.75) is 0 Å². The van der Waals surface area contributed by atoms with Gasteiger partial charge in [-0.2, -0.15) is 0 Å². The predicted molar refractivity (Wildman–Crippen MR) is 42.7 cm³/mol. The average Bonchev–Trinajstić information content (AvgIpc) is 2.12. The van der Waals surface area contributed by atoms with E-state index in [1.807, 2.05) is 0 Å². The van der Waals surface area contributed by atoms with E-state index < -0.39 is 22.6 Å². The minimum atomic E-state index is -1.17. The number of ether oxygens (including phenoxy) is 1. The molecule has 0 unspecified atom stereocenters. The number of benzene rings is 1. The third-order valence-electron chi connectivity index (χ3n) is 1.40. The lowest BCUT2D eigenvalue weighted by molar-refractivity contribution is 0.0600. The molecule has 0 heterocycles. The van der Waals surface area contributed by atoms with Crippen LogP contribution in [0.3, 0.4) is 0 Å². The Hall–Kier alpha value is -1.16. The molecule has 0 N–H and O–H groups in total. The Kier molecular flexibility index (Phi) is 2.83. The van der Waals surface area contributed by atoms with E-state index in [4.69, 9.17) is 11.6 Å². The number of carbonyl (C=O) groups is 1. The first-order chi connectivity index (χ1) is 6.06. The lowest BCUT2D eigenvalue weighted by atomic mass is 10.2. The molecule has 0 fully saturated rings. The lowest BCUT2D eigenvalue weighted by Gasteiger charge is -2.01. The first-order valence-corrected chi connectivity index (χ1v) is 3.67. The van der Waals surface area contributed by atoms with Crippen LogP contribution in [0.2, 0.25) is 5.02 Å². The second-order valence-corrected chi connectivity index (χ2v) is 2.65. The minimum absolute atomic E-state index is 0.119. The van der Waals surface area contributed by atoms with Crippen LogP contribution < -0.4 is 0 Å². The number of hydrogen-bond donors (Lipinski definition) is 0. The third kappa shape index (κ3) is 1.95. The van der Waals surface area contributed by atoms with Crippen LogP contribution in [0, 0.1) is 11.6 Å². The molecular formula is C8H5ClF2O2. The van der Waals surface area contributed by atoms with E-state index in [9.17, 15) is 13.6 Å². The Morgan fingerprint density at radius 1 is 1.46 bits per heavy atom. The van der Waals surface area contributed by atoms with Crippen LogP contribution >= 0.6 is 11.6 Å². The summed E-state index contributed by atoms with van der Waals surface area (Å²) < 4.78 is 29.6. The number of rotatable bonds is 1. The predicted octanol–water partition coefficient (Wildman–Crippen LogP) is 2.40. The SMILES string of the molecule is COC(=O)c1cc(F)c(F)c(Cl)c1. The summed E-state index contributed by atoms with van der Waals surface area (Å²) in [6, 6.07) is 1.73. The van der Waals surface area contributed by atoms with E-state index >= 15 is 0 Å². The molecule has 1 aromatic carbocycles. The molecule has 0 radical (unpaired) electrons. The molecule has 2 nitrogen and oxygen atoms in total. The molecule has 0 saturated carbocycles. The molecule has 1 aromatic rings. The number of hydrogen-bond acceptors (Lipinski definition) is 2. The van der Waals surface area contributed by atoms with Gasteiger partial charge < -0.3 is 4.74 Å². The average molecular weight is 207 g/mol. The summed E-state index contributed by atoms with van der Waals surface area (Å²) in [6.45, 7) is 0. The van der Waals surface area contributed by atoms with Crippen LogP contribution in [0.25, 0.3) is 0 Å². The molecule has 0 amide bonds. The first kappa shape index (κ1) is 9.92. The van der Waals surface area contributed by atoms with Crippen molar-refractivity contribution in [2.24, 2.45) is 0 Å². The van der Waals surface area contributed by atoms with Gasteiger partial charge in [-0.1, -0.05) is 11.6 Å². The minimum Gasteiger partial charge on any atom is -0.465 e. The van der Waals surface area contributed by atoms with Crippen molar-refractivity contribution in [1.82, 2.24) is 0 Å². The second-order valence-electron chi connectivity index (χ2n) is 2.25. The standard InChI is InChI=1S/C8H5ClF2O2/c1-13-8(12)4-2-5(9)7(11)6(10)3-4/h2-3H,1H3. The first-order valence-electron chi connectivity index (χ1n) is 3.29. The van der Waals surface area contributed by atoms with E-state index in [0.717, 1.165) is 19.2 Å². The maximum absolute atomic E-state index is 12.7. The number of esters is 1. The summed E-state index contributed by atoms with van der Waals surface area (Å²) >= 11 is 5.30. The van der Waals surface area contributed by atoms with E-state index in [0.29, 0.717) is 0 Å². The van der Waals surface area contributed by atoms with Gasteiger partial charge in [0.25, 0.3) is 0 Å². The van der Waals surface area contributed by atoms with E-state index in [1.165, 1.54) is 0 Å². The van der Waals surface area contributed by atoms with Crippen LogP contribution in [-0.4, -0.2) is 13.1 Å². The lowest BCUT2D eigenvalue weighted by Crippen LogP contribution is -2.02. The molecule has 0 aromatic heterocycles. The van der Waals surface area contributed by atoms with Crippen molar-refractivity contribution >= 4 is 17.6 Å². The van der Waals surface area contributed by atoms with Crippen LogP contribution in [0.4, 0.5) is 8.78 Å². The van der Waals surface area contributed by atoms with Gasteiger partial charge in [0.1, 0.15) is 0 Å². The van der Waals surface area contributed by atoms with Crippen LogP contribution in [-0.2, 0) is 4.74 Å². The van der Waals surface area contributed by atoms with Gasteiger partial charge in [0.15, 0.2) is 11.6 Å². The zero-order chi connectivity index (χ0) is 10.0. The van der Waals surface area contributed by atoms with Gasteiger partial charge in [-0.05, 0) is 12.1 Å². The summed E-state index contributed by atoms with van der Waals surface area (Å²) in [5.41, 5.74) is -0.119. The summed E-state index contributed by atoms with van der Waals surface area (Å²) in [5.74, 6) is -3.11. The maximum atomic E-state index is 12.7. The zero-order valence-corrected chi connectivity index (χ0v) is 7.36. The van der Waals surface area contributed by atoms with Gasteiger partial charge in [0.05, 0.1) is 17.7 Å². The highest BCUT2D eigenvalue weighted by atomic mass is 35.5. The fourth-order valence-electron chi connectivity index (χ4n) is 0.791. The van der Waals surface area contributed by atoms with Gasteiger partial charge in [0.2, 0.25) is 0 Å². The zero-order valence-electron chi connectivity index (χ0n) is 6.61. The maximum Gasteiger partial charge on any atom is 0.338 e. The van der Waals surface area contributed by atoms with Gasteiger partial charge in [0, 0.05) is 0 Å². The Morgan fingerprint density at radius 2 is 2.08 bits per heavy atom. The molecular weight excluding hydrogens is 202 g/mol. The van der Waals surface area contributed by atoms with Crippen LogP contribution in [0.1, 0.15) is 10.4 Å². The largest absolute Gasteiger partial charge is 0.465 e. The monoisotopic (exact) mass is 206 g/mol. The normalized spacial score (nSPS) is 9.85. The Morgan fingerprint density at radius 3 is 2.54 bits per heavy atom. The molecule has 0 saturated heterocycles. The van der Waals surface area contributed by atoms with Gasteiger partial charge in [-0.15, -0.1) is 0 Å². The van der Waals surface area contributed by atoms with Crippen molar-refractivity contribution in [1.29, 1.82) is 0 Å². The highest BCUT2D eigenvalue weighted by Gasteiger charge is 2.13. The molecule has 1 rings (SSSR count). The fraction of sp³-hybridized carbons (Fsp3) is 0.125. The highest BCUT2D eigenvalue weighted by Crippen LogP contribution is 2.19. The van der Waals surface area contributed by atoms with Crippen molar-refractivity contribution in [2.75, 3.05) is 7.11 Å². The van der Waals surface area contributed by atoms with E-state index in [1.54, 1.807) is 0 Å². The Labute approximate surface area is 78.1 Å². The van der Waals surface area contributed by atoms with Crippen LogP contribution in [0.15, 0.2) is 12.1 Å². The number of methoxy groups -OCH3 is 1. The molecule has 0 spiro atoms. The number of carbonyl (C=O) groups excluding carboxylic acids is 1. The molecule has 0 aliphatic rings. The number of halogens is 3. The molecule has 5 heteroatoms. The molecule has 0 aliphatic carbocycles. The summed E-state index contributed by atoms with van der Waals surface area (Å²) in [6.07, 6.45) is 0. The van der Waals surface area contributed by atoms with Gasteiger partial charge >= 0.3 is 5.97 Å². The topological polar surface area (TPSA) is 26.3 Å². The van der Waals surface area contributed by atoms with Crippen molar-refractivity contribution in [3.05, 3.63) is 34.4 Å². The second kappa shape index (κ2) is 3.70. The smallest absolute Gasteiger partial charge is 0.338 e. The summed E-state index contributed by atoms with van der Waals surface area (Å²) in [7, 11) is 1.14. The Balaban J connectivity index is 3.20.